The fraction of sp³-hybridized carbons (Fsp3) is 0.538. The van der Waals surface area contributed by atoms with Gasteiger partial charge in [-0.25, -0.2) is 4.39 Å². The van der Waals surface area contributed by atoms with Gasteiger partial charge in [-0.05, 0) is 31.0 Å². The molecule has 1 atom stereocenters. The molecule has 1 unspecified atom stereocenters. The number of ether oxygens (including phenoxy) is 1. The zero-order chi connectivity index (χ0) is 12.8. The van der Waals surface area contributed by atoms with E-state index >= 15 is 0 Å². The summed E-state index contributed by atoms with van der Waals surface area (Å²) in [4.78, 5) is 0. The molecule has 0 aliphatic carbocycles. The van der Waals surface area contributed by atoms with Crippen LogP contribution in [0.5, 0.6) is 5.75 Å². The molecule has 96 valence electrons. The smallest absolute Gasteiger partial charge is 0.165 e. The lowest BCUT2D eigenvalue weighted by atomic mass is 10.1. The average molecular weight is 304 g/mol. The second kappa shape index (κ2) is 6.97. The van der Waals surface area contributed by atoms with E-state index in [2.05, 4.69) is 42.0 Å². The third-order valence-electron chi connectivity index (χ3n) is 2.72. The maximum atomic E-state index is 13.3. The molecule has 1 rings (SSSR count). The topological polar surface area (TPSA) is 21.3 Å². The molecule has 4 heteroatoms. The summed E-state index contributed by atoms with van der Waals surface area (Å²) in [5.41, 5.74) is 0. The van der Waals surface area contributed by atoms with Gasteiger partial charge in [-0.2, -0.15) is 0 Å². The minimum Gasteiger partial charge on any atom is -0.489 e. The Labute approximate surface area is 111 Å². The van der Waals surface area contributed by atoms with Crippen molar-refractivity contribution < 1.29 is 9.13 Å². The van der Waals surface area contributed by atoms with Crippen LogP contribution in [0.4, 0.5) is 4.39 Å². The standard InChI is InChI=1S/C13H19BrFNO/c1-9(2)10(3)16-6-7-17-13-8-11(14)4-5-12(13)15/h4-5,8-10,16H,6-7H2,1-3H3. The summed E-state index contributed by atoms with van der Waals surface area (Å²) in [5.74, 6) is 0.543. The zero-order valence-electron chi connectivity index (χ0n) is 10.5. The first kappa shape index (κ1) is 14.5. The molecule has 0 spiro atoms. The lowest BCUT2D eigenvalue weighted by Crippen LogP contribution is -2.33. The minimum atomic E-state index is -0.329. The van der Waals surface area contributed by atoms with Gasteiger partial charge in [0.2, 0.25) is 0 Å². The van der Waals surface area contributed by atoms with Crippen molar-refractivity contribution in [2.75, 3.05) is 13.2 Å². The van der Waals surface area contributed by atoms with Crippen LogP contribution < -0.4 is 10.1 Å². The van der Waals surface area contributed by atoms with Crippen molar-refractivity contribution >= 4 is 15.9 Å². The van der Waals surface area contributed by atoms with Gasteiger partial charge in [0.1, 0.15) is 6.61 Å². The Morgan fingerprint density at radius 1 is 1.35 bits per heavy atom. The van der Waals surface area contributed by atoms with Gasteiger partial charge in [-0.1, -0.05) is 29.8 Å². The van der Waals surface area contributed by atoms with Gasteiger partial charge in [0.05, 0.1) is 0 Å². The third-order valence-corrected chi connectivity index (χ3v) is 3.21. The third kappa shape index (κ3) is 5.04. The largest absolute Gasteiger partial charge is 0.489 e. The molecule has 0 heterocycles. The highest BCUT2D eigenvalue weighted by Gasteiger charge is 2.06. The van der Waals surface area contributed by atoms with Crippen LogP contribution >= 0.6 is 15.9 Å². The fourth-order valence-corrected chi connectivity index (χ4v) is 1.61. The van der Waals surface area contributed by atoms with E-state index in [1.54, 1.807) is 12.1 Å². The van der Waals surface area contributed by atoms with Crippen molar-refractivity contribution in [1.82, 2.24) is 5.32 Å². The van der Waals surface area contributed by atoms with E-state index in [9.17, 15) is 4.39 Å². The number of hydrogen-bond acceptors (Lipinski definition) is 2. The van der Waals surface area contributed by atoms with Crippen LogP contribution in [0.3, 0.4) is 0 Å². The van der Waals surface area contributed by atoms with E-state index in [4.69, 9.17) is 4.74 Å². The van der Waals surface area contributed by atoms with Gasteiger partial charge in [-0.3, -0.25) is 0 Å². The molecule has 0 amide bonds. The molecule has 2 nitrogen and oxygen atoms in total. The summed E-state index contributed by atoms with van der Waals surface area (Å²) >= 11 is 3.29. The summed E-state index contributed by atoms with van der Waals surface area (Å²) in [7, 11) is 0. The number of benzene rings is 1. The van der Waals surface area contributed by atoms with E-state index < -0.39 is 0 Å². The molecule has 0 fully saturated rings. The molecular weight excluding hydrogens is 285 g/mol. The molecule has 0 aliphatic rings. The molecule has 0 radical (unpaired) electrons. The van der Waals surface area contributed by atoms with E-state index in [1.165, 1.54) is 6.07 Å². The first-order chi connectivity index (χ1) is 8.00. The molecule has 1 aromatic rings. The van der Waals surface area contributed by atoms with Crippen LogP contribution in [-0.4, -0.2) is 19.2 Å². The Morgan fingerprint density at radius 2 is 2.06 bits per heavy atom. The Bertz CT molecular complexity index is 357. The maximum Gasteiger partial charge on any atom is 0.165 e. The number of rotatable bonds is 6. The first-order valence-electron chi connectivity index (χ1n) is 5.82. The summed E-state index contributed by atoms with van der Waals surface area (Å²) in [5, 5.41) is 3.33. The van der Waals surface area contributed by atoms with E-state index in [-0.39, 0.29) is 5.82 Å². The average Bonchev–Trinajstić information content (AvgIpc) is 2.28. The molecule has 0 aromatic heterocycles. The molecule has 0 saturated heterocycles. The van der Waals surface area contributed by atoms with Gasteiger partial charge in [0.15, 0.2) is 11.6 Å². The molecular formula is C13H19BrFNO. The highest BCUT2D eigenvalue weighted by molar-refractivity contribution is 9.10. The van der Waals surface area contributed by atoms with Crippen LogP contribution in [-0.2, 0) is 0 Å². The second-order valence-electron chi connectivity index (χ2n) is 4.41. The van der Waals surface area contributed by atoms with Crippen LogP contribution in [0, 0.1) is 11.7 Å². The molecule has 17 heavy (non-hydrogen) atoms. The molecule has 0 bridgehead atoms. The first-order valence-corrected chi connectivity index (χ1v) is 6.61. The Morgan fingerprint density at radius 3 is 2.71 bits per heavy atom. The Balaban J connectivity index is 2.33. The van der Waals surface area contributed by atoms with Crippen molar-refractivity contribution in [3.8, 4) is 5.75 Å². The minimum absolute atomic E-state index is 0.290. The Kier molecular flexibility index (Phi) is 5.92. The van der Waals surface area contributed by atoms with Gasteiger partial charge >= 0.3 is 0 Å². The van der Waals surface area contributed by atoms with Gasteiger partial charge in [0, 0.05) is 17.1 Å². The quantitative estimate of drug-likeness (QED) is 0.811. The molecule has 1 aromatic carbocycles. The lowest BCUT2D eigenvalue weighted by molar-refractivity contribution is 0.284. The second-order valence-corrected chi connectivity index (χ2v) is 5.33. The predicted molar refractivity (Wildman–Crippen MR) is 71.9 cm³/mol. The van der Waals surface area contributed by atoms with Gasteiger partial charge in [-0.15, -0.1) is 0 Å². The van der Waals surface area contributed by atoms with E-state index in [0.717, 1.165) is 4.47 Å². The van der Waals surface area contributed by atoms with Crippen molar-refractivity contribution in [3.05, 3.63) is 28.5 Å². The highest BCUT2D eigenvalue weighted by atomic mass is 79.9. The van der Waals surface area contributed by atoms with Gasteiger partial charge in [0.25, 0.3) is 0 Å². The van der Waals surface area contributed by atoms with E-state index in [0.29, 0.717) is 30.9 Å². The molecule has 0 aliphatic heterocycles. The van der Waals surface area contributed by atoms with Crippen molar-refractivity contribution in [1.29, 1.82) is 0 Å². The lowest BCUT2D eigenvalue weighted by Gasteiger charge is -2.17. The predicted octanol–water partition coefficient (Wildman–Crippen LogP) is 3.60. The SMILES string of the molecule is CC(C)C(C)NCCOc1cc(Br)ccc1F. The summed E-state index contributed by atoms with van der Waals surface area (Å²) in [6.07, 6.45) is 0. The van der Waals surface area contributed by atoms with Crippen molar-refractivity contribution in [2.24, 2.45) is 5.92 Å². The van der Waals surface area contributed by atoms with E-state index in [1.807, 2.05) is 0 Å². The summed E-state index contributed by atoms with van der Waals surface area (Å²) in [6, 6.07) is 5.12. The van der Waals surface area contributed by atoms with Crippen molar-refractivity contribution in [3.63, 3.8) is 0 Å². The summed E-state index contributed by atoms with van der Waals surface area (Å²) < 4.78 is 19.5. The monoisotopic (exact) mass is 303 g/mol. The number of hydrogen-bond donors (Lipinski definition) is 1. The zero-order valence-corrected chi connectivity index (χ0v) is 12.1. The highest BCUT2D eigenvalue weighted by Crippen LogP contribution is 2.21. The van der Waals surface area contributed by atoms with Crippen LogP contribution in [0.2, 0.25) is 0 Å². The van der Waals surface area contributed by atoms with Crippen LogP contribution in [0.15, 0.2) is 22.7 Å². The van der Waals surface area contributed by atoms with Crippen LogP contribution in [0.1, 0.15) is 20.8 Å². The normalized spacial score (nSPS) is 12.8. The summed E-state index contributed by atoms with van der Waals surface area (Å²) in [6.45, 7) is 7.62. The number of nitrogens with one attached hydrogen (secondary N) is 1. The molecule has 0 saturated carbocycles. The van der Waals surface area contributed by atoms with Gasteiger partial charge < -0.3 is 10.1 Å². The Hall–Kier alpha value is -0.610. The maximum absolute atomic E-state index is 13.3. The molecule has 1 N–H and O–H groups in total. The van der Waals surface area contributed by atoms with Crippen molar-refractivity contribution in [2.45, 2.75) is 26.8 Å². The number of halogens is 2. The fourth-order valence-electron chi connectivity index (χ4n) is 1.27. The van der Waals surface area contributed by atoms with Crippen LogP contribution in [0.25, 0.3) is 0 Å².